The van der Waals surface area contributed by atoms with Gasteiger partial charge in [0.2, 0.25) is 0 Å². The van der Waals surface area contributed by atoms with Gasteiger partial charge in [0.15, 0.2) is 0 Å². The summed E-state index contributed by atoms with van der Waals surface area (Å²) < 4.78 is 0.911. The smallest absolute Gasteiger partial charge is 0.258 e. The van der Waals surface area contributed by atoms with Crippen molar-refractivity contribution in [3.8, 4) is 11.1 Å². The molecule has 0 fully saturated rings. The van der Waals surface area contributed by atoms with Gasteiger partial charge in [-0.1, -0.05) is 46.3 Å². The number of anilines is 3. The van der Waals surface area contributed by atoms with E-state index in [9.17, 15) is 4.79 Å². The second kappa shape index (κ2) is 7.68. The minimum atomic E-state index is -0.00778. The predicted octanol–water partition coefficient (Wildman–Crippen LogP) is 5.55. The molecule has 4 nitrogen and oxygen atoms in total. The SMILES string of the molecule is CC1CCN(C(=O)c2ccc(Br)c(-c3ccccc3N)c2)c2ccccc2N1. The van der Waals surface area contributed by atoms with Gasteiger partial charge in [0.1, 0.15) is 0 Å². The number of benzene rings is 3. The number of rotatable bonds is 2. The highest BCUT2D eigenvalue weighted by Gasteiger charge is 2.25. The molecule has 0 aromatic heterocycles. The Bertz CT molecular complexity index is 1030. The van der Waals surface area contributed by atoms with Crippen molar-refractivity contribution in [2.45, 2.75) is 19.4 Å². The number of halogens is 1. The number of carbonyl (C=O) groups is 1. The van der Waals surface area contributed by atoms with Crippen LogP contribution < -0.4 is 16.0 Å². The average molecular weight is 436 g/mol. The van der Waals surface area contributed by atoms with Crippen molar-refractivity contribution < 1.29 is 4.79 Å². The van der Waals surface area contributed by atoms with E-state index in [-0.39, 0.29) is 5.91 Å². The predicted molar refractivity (Wildman–Crippen MR) is 120 cm³/mol. The molecule has 28 heavy (non-hydrogen) atoms. The first kappa shape index (κ1) is 18.6. The van der Waals surface area contributed by atoms with Crippen LogP contribution in [-0.2, 0) is 0 Å². The van der Waals surface area contributed by atoms with Crippen molar-refractivity contribution in [2.24, 2.45) is 0 Å². The maximum absolute atomic E-state index is 13.5. The highest BCUT2D eigenvalue weighted by atomic mass is 79.9. The Morgan fingerprint density at radius 2 is 1.82 bits per heavy atom. The van der Waals surface area contributed by atoms with Crippen LogP contribution in [-0.4, -0.2) is 18.5 Å². The van der Waals surface area contributed by atoms with E-state index in [2.05, 4.69) is 28.2 Å². The number of hydrogen-bond acceptors (Lipinski definition) is 3. The summed E-state index contributed by atoms with van der Waals surface area (Å²) in [5.41, 5.74) is 11.2. The van der Waals surface area contributed by atoms with E-state index in [1.807, 2.05) is 71.6 Å². The maximum Gasteiger partial charge on any atom is 0.258 e. The first-order chi connectivity index (χ1) is 13.5. The van der Waals surface area contributed by atoms with Crippen molar-refractivity contribution >= 4 is 38.9 Å². The zero-order valence-corrected chi connectivity index (χ0v) is 17.2. The average Bonchev–Trinajstić information content (AvgIpc) is 2.86. The molecule has 3 N–H and O–H groups in total. The van der Waals surface area contributed by atoms with Gasteiger partial charge >= 0.3 is 0 Å². The summed E-state index contributed by atoms with van der Waals surface area (Å²) in [5.74, 6) is -0.00778. The molecule has 3 aromatic rings. The van der Waals surface area contributed by atoms with Crippen LogP contribution in [0.2, 0.25) is 0 Å². The van der Waals surface area contributed by atoms with Crippen molar-refractivity contribution in [3.63, 3.8) is 0 Å². The largest absolute Gasteiger partial charge is 0.398 e. The van der Waals surface area contributed by atoms with Crippen molar-refractivity contribution in [1.82, 2.24) is 0 Å². The molecule has 142 valence electrons. The van der Waals surface area contributed by atoms with E-state index < -0.39 is 0 Å². The fourth-order valence-electron chi connectivity index (χ4n) is 3.59. The van der Waals surface area contributed by atoms with Gasteiger partial charge in [-0.05, 0) is 55.3 Å². The molecule has 0 bridgehead atoms. The number of carbonyl (C=O) groups excluding carboxylic acids is 1. The number of para-hydroxylation sites is 3. The van der Waals surface area contributed by atoms with Crippen molar-refractivity contribution in [1.29, 1.82) is 0 Å². The van der Waals surface area contributed by atoms with E-state index in [0.717, 1.165) is 33.4 Å². The summed E-state index contributed by atoms with van der Waals surface area (Å²) in [6.07, 6.45) is 0.884. The standard InChI is InChI=1S/C23H22BrN3O/c1-15-12-13-27(22-9-5-4-8-21(22)26-15)23(28)16-10-11-19(24)18(14-16)17-6-2-3-7-20(17)25/h2-11,14-15,26H,12-13,25H2,1H3. The van der Waals surface area contributed by atoms with Gasteiger partial charge in [-0.15, -0.1) is 0 Å². The van der Waals surface area contributed by atoms with E-state index in [0.29, 0.717) is 23.8 Å². The normalized spacial score (nSPS) is 16.1. The number of nitrogens with two attached hydrogens (primary N) is 1. The molecule has 1 unspecified atom stereocenters. The zero-order valence-electron chi connectivity index (χ0n) is 15.7. The quantitative estimate of drug-likeness (QED) is 0.518. The molecule has 4 rings (SSSR count). The molecule has 0 spiro atoms. The van der Waals surface area contributed by atoms with Crippen LogP contribution in [0, 0.1) is 0 Å². The molecule has 3 aromatic carbocycles. The Morgan fingerprint density at radius 3 is 2.64 bits per heavy atom. The molecule has 0 saturated carbocycles. The van der Waals surface area contributed by atoms with E-state index in [4.69, 9.17) is 5.73 Å². The Kier molecular flexibility index (Phi) is 5.09. The highest BCUT2D eigenvalue weighted by molar-refractivity contribution is 9.10. The third-order valence-electron chi connectivity index (χ3n) is 5.09. The summed E-state index contributed by atoms with van der Waals surface area (Å²) >= 11 is 3.60. The zero-order chi connectivity index (χ0) is 19.7. The first-order valence-corrected chi connectivity index (χ1v) is 10.2. The lowest BCUT2D eigenvalue weighted by Gasteiger charge is -2.23. The Balaban J connectivity index is 1.75. The summed E-state index contributed by atoms with van der Waals surface area (Å²) in [7, 11) is 0. The lowest BCUT2D eigenvalue weighted by atomic mass is 10.0. The number of nitrogens with one attached hydrogen (secondary N) is 1. The molecule has 1 amide bonds. The molecule has 1 aliphatic rings. The monoisotopic (exact) mass is 435 g/mol. The molecular weight excluding hydrogens is 414 g/mol. The summed E-state index contributed by atoms with van der Waals surface area (Å²) in [4.78, 5) is 15.3. The molecule has 0 aliphatic carbocycles. The number of hydrogen-bond donors (Lipinski definition) is 2. The van der Waals surface area contributed by atoms with Crippen molar-refractivity contribution in [2.75, 3.05) is 22.5 Å². The summed E-state index contributed by atoms with van der Waals surface area (Å²) in [5, 5.41) is 3.49. The van der Waals surface area contributed by atoms with Gasteiger partial charge in [-0.2, -0.15) is 0 Å². The molecule has 1 aliphatic heterocycles. The van der Waals surface area contributed by atoms with Gasteiger partial charge in [-0.25, -0.2) is 0 Å². The van der Waals surface area contributed by atoms with Crippen LogP contribution in [0.15, 0.2) is 71.2 Å². The van der Waals surface area contributed by atoms with Gasteiger partial charge < -0.3 is 16.0 Å². The van der Waals surface area contributed by atoms with Crippen LogP contribution in [0.4, 0.5) is 17.1 Å². The number of nitrogen functional groups attached to an aromatic ring is 1. The van der Waals surface area contributed by atoms with Gasteiger partial charge in [-0.3, -0.25) is 4.79 Å². The van der Waals surface area contributed by atoms with Crippen molar-refractivity contribution in [3.05, 3.63) is 76.8 Å². The molecule has 5 heteroatoms. The number of fused-ring (bicyclic) bond motifs is 1. The van der Waals surface area contributed by atoms with Crippen LogP contribution in [0.3, 0.4) is 0 Å². The third kappa shape index (κ3) is 3.50. The van der Waals surface area contributed by atoms with E-state index in [1.165, 1.54) is 0 Å². The van der Waals surface area contributed by atoms with Gasteiger partial charge in [0.05, 0.1) is 11.4 Å². The second-order valence-corrected chi connectivity index (χ2v) is 7.94. The molecule has 1 atom stereocenters. The van der Waals surface area contributed by atoms with E-state index >= 15 is 0 Å². The fourth-order valence-corrected chi connectivity index (χ4v) is 4.05. The minimum Gasteiger partial charge on any atom is -0.398 e. The molecule has 1 heterocycles. The third-order valence-corrected chi connectivity index (χ3v) is 5.78. The number of amides is 1. The summed E-state index contributed by atoms with van der Waals surface area (Å²) in [6, 6.07) is 21.7. The molecule has 0 saturated heterocycles. The fraction of sp³-hybridized carbons (Fsp3) is 0.174. The van der Waals surface area contributed by atoms with Crippen LogP contribution in [0.25, 0.3) is 11.1 Å². The molecule has 0 radical (unpaired) electrons. The molecular formula is C23H22BrN3O. The van der Waals surface area contributed by atoms with Crippen LogP contribution >= 0.6 is 15.9 Å². The maximum atomic E-state index is 13.5. The Labute approximate surface area is 173 Å². The van der Waals surface area contributed by atoms with E-state index in [1.54, 1.807) is 0 Å². The number of nitrogens with zero attached hydrogens (tertiary/aromatic N) is 1. The second-order valence-electron chi connectivity index (χ2n) is 7.09. The van der Waals surface area contributed by atoms with Gasteiger partial charge in [0, 0.05) is 33.9 Å². The first-order valence-electron chi connectivity index (χ1n) is 9.36. The Morgan fingerprint density at radius 1 is 1.07 bits per heavy atom. The highest BCUT2D eigenvalue weighted by Crippen LogP contribution is 2.35. The Hall–Kier alpha value is -2.79. The lowest BCUT2D eigenvalue weighted by molar-refractivity contribution is 0.0987. The lowest BCUT2D eigenvalue weighted by Crippen LogP contribution is -2.32. The topological polar surface area (TPSA) is 58.4 Å². The summed E-state index contributed by atoms with van der Waals surface area (Å²) in [6.45, 7) is 2.81. The van der Waals surface area contributed by atoms with Crippen LogP contribution in [0.5, 0.6) is 0 Å². The minimum absolute atomic E-state index is 0.00778. The van der Waals surface area contributed by atoms with Crippen LogP contribution in [0.1, 0.15) is 23.7 Å². The van der Waals surface area contributed by atoms with Gasteiger partial charge in [0.25, 0.3) is 5.91 Å².